The van der Waals surface area contributed by atoms with Gasteiger partial charge in [-0.2, -0.15) is 0 Å². The maximum absolute atomic E-state index is 12.4. The monoisotopic (exact) mass is 869 g/mol. The molecule has 5 rings (SSSR count). The summed E-state index contributed by atoms with van der Waals surface area (Å²) in [6, 6.07) is -1.67. The van der Waals surface area contributed by atoms with Crippen molar-refractivity contribution in [2.75, 3.05) is 33.0 Å². The van der Waals surface area contributed by atoms with Crippen LogP contribution in [0.3, 0.4) is 0 Å². The molecule has 0 aromatic carbocycles. The van der Waals surface area contributed by atoms with Crippen LogP contribution >= 0.6 is 0 Å². The second kappa shape index (κ2) is 20.8. The van der Waals surface area contributed by atoms with Crippen LogP contribution in [0.1, 0.15) is 6.92 Å². The lowest BCUT2D eigenvalue weighted by molar-refractivity contribution is -0.388. The molecule has 17 N–H and O–H groups in total. The van der Waals surface area contributed by atoms with Crippen molar-refractivity contribution in [1.82, 2.24) is 5.32 Å². The van der Waals surface area contributed by atoms with Crippen molar-refractivity contribution in [3.05, 3.63) is 0 Å². The molecule has 1 amide bonds. The number of hydrogen-bond acceptors (Lipinski definition) is 26. The molecule has 0 aliphatic carbocycles. The highest BCUT2D eigenvalue weighted by Crippen LogP contribution is 2.35. The maximum atomic E-state index is 12.4. The van der Waals surface area contributed by atoms with Crippen LogP contribution in [0.25, 0.3) is 0 Å². The summed E-state index contributed by atoms with van der Waals surface area (Å²) in [6.07, 6.45) is -44.4. The van der Waals surface area contributed by atoms with Crippen LogP contribution in [0.5, 0.6) is 0 Å². The molecule has 0 spiro atoms. The van der Waals surface area contributed by atoms with E-state index in [4.69, 9.17) is 42.6 Å². The fourth-order valence-corrected chi connectivity index (χ4v) is 7.43. The lowest BCUT2D eigenvalue weighted by atomic mass is 9.94. The summed E-state index contributed by atoms with van der Waals surface area (Å²) in [7, 11) is 0. The van der Waals surface area contributed by atoms with Gasteiger partial charge in [0.1, 0.15) is 122 Å². The molecule has 0 aromatic heterocycles. The molecule has 27 heteroatoms. The highest BCUT2D eigenvalue weighted by atomic mass is 16.8. The summed E-state index contributed by atoms with van der Waals surface area (Å²) in [5.41, 5.74) is 0. The third-order valence-electron chi connectivity index (χ3n) is 10.7. The Labute approximate surface area is 333 Å². The van der Waals surface area contributed by atoms with E-state index in [1.807, 2.05) is 0 Å². The number of aliphatic hydroxyl groups is 16. The Morgan fingerprint density at radius 3 is 1.29 bits per heavy atom. The summed E-state index contributed by atoms with van der Waals surface area (Å²) >= 11 is 0. The number of ether oxygens (including phenoxy) is 9. The molecule has 5 heterocycles. The molecule has 0 bridgehead atoms. The summed E-state index contributed by atoms with van der Waals surface area (Å²) in [5.74, 6) is -0.805. The molecule has 344 valence electrons. The molecular formula is C32H55NO26. The van der Waals surface area contributed by atoms with Crippen LogP contribution in [0.4, 0.5) is 0 Å². The molecule has 0 radical (unpaired) electrons. The van der Waals surface area contributed by atoms with Crippen LogP contribution in [0.15, 0.2) is 0 Å². The smallest absolute Gasteiger partial charge is 0.217 e. The van der Waals surface area contributed by atoms with Gasteiger partial charge < -0.3 is 130 Å². The Morgan fingerprint density at radius 1 is 0.407 bits per heavy atom. The molecule has 27 nitrogen and oxygen atoms in total. The Bertz CT molecular complexity index is 1320. The number of amides is 1. The van der Waals surface area contributed by atoms with E-state index in [-0.39, 0.29) is 0 Å². The molecule has 25 atom stereocenters. The minimum absolute atomic E-state index is 0.805. The Hall–Kier alpha value is -1.53. The minimum Gasteiger partial charge on any atom is -0.394 e. The van der Waals surface area contributed by atoms with E-state index in [1.165, 1.54) is 0 Å². The number of rotatable bonds is 14. The number of nitrogens with one attached hydrogen (secondary N) is 1. The standard InChI is InChI=1S/C32H55NO26/c1-7(39)33-13-26(58-30-21(47)17(43)14(40)8(2-34)53-30)15(41)9(3-35)52-29(13)59-27-16(42)10(4-36)54-32(23(27)49)57-25-12(6-38)55-31(22(48)19(25)45)56-24-11(5-37)51-28(50)20(46)18(24)44/h8-32,34-38,40-50H,2-6H2,1H3,(H,33,39)/t8?,9?,10?,11?,12?,13?,14-,15-,16-,17?,18?,19?,20?,21?,22?,23?,24+,25-,26?,27?,28+,29-,30-,31-,32+/m0/s1. The topological polar surface area (TPSA) is 436 Å². The molecule has 15 unspecified atom stereocenters. The Kier molecular flexibility index (Phi) is 17.1. The van der Waals surface area contributed by atoms with Gasteiger partial charge in [-0.3, -0.25) is 4.79 Å². The van der Waals surface area contributed by atoms with Gasteiger partial charge in [-0.25, -0.2) is 0 Å². The second-order valence-electron chi connectivity index (χ2n) is 14.7. The summed E-state index contributed by atoms with van der Waals surface area (Å²) in [5, 5.41) is 169. The first-order valence-corrected chi connectivity index (χ1v) is 18.6. The van der Waals surface area contributed by atoms with Gasteiger partial charge in [-0.05, 0) is 0 Å². The zero-order valence-corrected chi connectivity index (χ0v) is 31.2. The van der Waals surface area contributed by atoms with Crippen molar-refractivity contribution in [2.24, 2.45) is 0 Å². The zero-order chi connectivity index (χ0) is 43.6. The highest BCUT2D eigenvalue weighted by Gasteiger charge is 2.57. The normalized spacial score (nSPS) is 51.0. The fourth-order valence-electron chi connectivity index (χ4n) is 7.43. The van der Waals surface area contributed by atoms with Crippen molar-refractivity contribution in [3.8, 4) is 0 Å². The van der Waals surface area contributed by atoms with Crippen molar-refractivity contribution in [3.63, 3.8) is 0 Å². The van der Waals surface area contributed by atoms with E-state index >= 15 is 0 Å². The first-order valence-electron chi connectivity index (χ1n) is 18.6. The van der Waals surface area contributed by atoms with Crippen LogP contribution in [0, 0.1) is 0 Å². The van der Waals surface area contributed by atoms with Gasteiger partial charge in [-0.15, -0.1) is 0 Å². The van der Waals surface area contributed by atoms with Crippen molar-refractivity contribution in [2.45, 2.75) is 160 Å². The predicted octanol–water partition coefficient (Wildman–Crippen LogP) is -11.8. The lowest BCUT2D eigenvalue weighted by Crippen LogP contribution is -2.70. The summed E-state index contributed by atoms with van der Waals surface area (Å²) in [6.45, 7) is -3.58. The quantitative estimate of drug-likeness (QED) is 0.0770. The molecule has 5 fully saturated rings. The lowest BCUT2D eigenvalue weighted by Gasteiger charge is -2.50. The van der Waals surface area contributed by atoms with Crippen LogP contribution in [0.2, 0.25) is 0 Å². The van der Waals surface area contributed by atoms with Crippen LogP contribution in [-0.2, 0) is 47.4 Å². The molecular weight excluding hydrogens is 814 g/mol. The van der Waals surface area contributed by atoms with Gasteiger partial charge in [-0.1, -0.05) is 0 Å². The Balaban J connectivity index is 1.35. The van der Waals surface area contributed by atoms with Crippen molar-refractivity contribution >= 4 is 5.91 Å². The third kappa shape index (κ3) is 10.2. The number of carbonyl (C=O) groups is 1. The average molecular weight is 870 g/mol. The van der Waals surface area contributed by atoms with Crippen LogP contribution in [-0.4, -0.2) is 274 Å². The van der Waals surface area contributed by atoms with Crippen molar-refractivity contribution in [1.29, 1.82) is 0 Å². The van der Waals surface area contributed by atoms with Gasteiger partial charge in [0.2, 0.25) is 5.91 Å². The molecule has 0 saturated carbocycles. The van der Waals surface area contributed by atoms with Gasteiger partial charge >= 0.3 is 0 Å². The summed E-state index contributed by atoms with van der Waals surface area (Å²) in [4.78, 5) is 12.4. The number of hydrogen-bond donors (Lipinski definition) is 17. The molecule has 59 heavy (non-hydrogen) atoms. The predicted molar refractivity (Wildman–Crippen MR) is 178 cm³/mol. The van der Waals surface area contributed by atoms with Gasteiger partial charge in [0.05, 0.1) is 33.0 Å². The van der Waals surface area contributed by atoms with E-state index in [9.17, 15) is 86.5 Å². The zero-order valence-electron chi connectivity index (χ0n) is 31.2. The Morgan fingerprint density at radius 2 is 0.780 bits per heavy atom. The van der Waals surface area contributed by atoms with E-state index in [0.717, 1.165) is 6.92 Å². The van der Waals surface area contributed by atoms with Gasteiger partial charge in [0.25, 0.3) is 0 Å². The molecule has 5 aliphatic rings. The largest absolute Gasteiger partial charge is 0.394 e. The molecule has 5 aliphatic heterocycles. The first kappa shape index (κ1) is 48.5. The second-order valence-corrected chi connectivity index (χ2v) is 14.7. The maximum Gasteiger partial charge on any atom is 0.217 e. The number of carbonyl (C=O) groups excluding carboxylic acids is 1. The van der Waals surface area contributed by atoms with E-state index < -0.39 is 192 Å². The van der Waals surface area contributed by atoms with Gasteiger partial charge in [0, 0.05) is 6.92 Å². The van der Waals surface area contributed by atoms with E-state index in [2.05, 4.69) is 5.32 Å². The van der Waals surface area contributed by atoms with Crippen molar-refractivity contribution < 1.29 is 129 Å². The van der Waals surface area contributed by atoms with Gasteiger partial charge in [0.15, 0.2) is 31.5 Å². The molecule has 0 aromatic rings. The fraction of sp³-hybridized carbons (Fsp3) is 0.969. The first-order chi connectivity index (χ1) is 27.9. The average Bonchev–Trinajstić information content (AvgIpc) is 3.21. The minimum atomic E-state index is -2.15. The highest BCUT2D eigenvalue weighted by molar-refractivity contribution is 5.73. The third-order valence-corrected chi connectivity index (χ3v) is 10.7. The summed E-state index contributed by atoms with van der Waals surface area (Å²) < 4.78 is 50.1. The molecule has 5 saturated heterocycles. The van der Waals surface area contributed by atoms with E-state index in [1.54, 1.807) is 0 Å². The SMILES string of the molecule is CC(=O)NC1C(O[C@@H]2OC(CO)[C@H](O)C(O)C2O)[C@@H](O)C(CO)O[C@H]1OC1C(O)[C@@H](O[C@H]2C(CO)O[C@@H](O[C@@H]3C(CO)O[C@@H](O)C(O)C3O)C(O)C2O)OC(CO)[C@@H]1O. The van der Waals surface area contributed by atoms with Crippen LogP contribution < -0.4 is 5.32 Å². The van der Waals surface area contributed by atoms with E-state index in [0.29, 0.717) is 0 Å². The number of aliphatic hydroxyl groups excluding tert-OH is 16.